The molecule has 2 heterocycles. The van der Waals surface area contributed by atoms with Gasteiger partial charge in [0.15, 0.2) is 0 Å². The van der Waals surface area contributed by atoms with E-state index in [2.05, 4.69) is 10.5 Å². The summed E-state index contributed by atoms with van der Waals surface area (Å²) in [6, 6.07) is 13.5. The van der Waals surface area contributed by atoms with Gasteiger partial charge in [-0.15, -0.1) is 0 Å². The summed E-state index contributed by atoms with van der Waals surface area (Å²) in [6.07, 6.45) is 2.29. The summed E-state index contributed by atoms with van der Waals surface area (Å²) in [6.45, 7) is 0.245. The zero-order valence-electron chi connectivity index (χ0n) is 17.0. The highest BCUT2D eigenvalue weighted by molar-refractivity contribution is 7.89. The van der Waals surface area contributed by atoms with Gasteiger partial charge in [0.2, 0.25) is 10.0 Å². The fourth-order valence-corrected chi connectivity index (χ4v) is 5.70. The van der Waals surface area contributed by atoms with Crippen LogP contribution in [-0.4, -0.2) is 37.4 Å². The van der Waals surface area contributed by atoms with E-state index in [0.717, 1.165) is 0 Å². The van der Waals surface area contributed by atoms with Gasteiger partial charge in [-0.1, -0.05) is 40.9 Å². The quantitative estimate of drug-likeness (QED) is 0.352. The van der Waals surface area contributed by atoms with Gasteiger partial charge in [0.25, 0.3) is 5.91 Å². The maximum Gasteiger partial charge on any atom is 0.258 e. The van der Waals surface area contributed by atoms with Crippen LogP contribution in [0.15, 0.2) is 69.0 Å². The van der Waals surface area contributed by atoms with Gasteiger partial charge < -0.3 is 4.42 Å². The molecular weight excluding hydrogens is 509 g/mol. The molecule has 0 bridgehead atoms. The minimum absolute atomic E-state index is 0.0814. The van der Waals surface area contributed by atoms with E-state index in [0.29, 0.717) is 45.0 Å². The van der Waals surface area contributed by atoms with Crippen molar-refractivity contribution in [2.45, 2.75) is 23.8 Å². The van der Waals surface area contributed by atoms with Crippen LogP contribution in [-0.2, 0) is 14.8 Å². The lowest BCUT2D eigenvalue weighted by atomic mass is 10.2. The average molecular weight is 527 g/mol. The zero-order valence-corrected chi connectivity index (χ0v) is 20.1. The van der Waals surface area contributed by atoms with Crippen LogP contribution in [0.1, 0.15) is 18.6 Å². The maximum atomic E-state index is 13.0. The fourth-order valence-electron chi connectivity index (χ4n) is 3.53. The number of hydrogen-bond donors (Lipinski definition) is 1. The highest BCUT2D eigenvalue weighted by Gasteiger charge is 2.39. The molecule has 1 aromatic heterocycles. The predicted octanol–water partition coefficient (Wildman–Crippen LogP) is 5.21. The summed E-state index contributed by atoms with van der Waals surface area (Å²) in [7, 11) is -3.84. The van der Waals surface area contributed by atoms with E-state index in [1.807, 2.05) is 0 Å². The Morgan fingerprint density at radius 1 is 1.09 bits per heavy atom. The number of halogens is 3. The van der Waals surface area contributed by atoms with Gasteiger partial charge in [-0.3, -0.25) is 4.79 Å². The highest BCUT2D eigenvalue weighted by Crippen LogP contribution is 2.34. The molecule has 0 spiro atoms. The Balaban J connectivity index is 1.44. The van der Waals surface area contributed by atoms with Crippen molar-refractivity contribution in [2.75, 3.05) is 6.54 Å². The van der Waals surface area contributed by atoms with Crippen molar-refractivity contribution in [2.24, 2.45) is 5.10 Å². The van der Waals surface area contributed by atoms with E-state index in [9.17, 15) is 13.2 Å². The molecule has 0 saturated carbocycles. The van der Waals surface area contributed by atoms with E-state index < -0.39 is 22.0 Å². The molecule has 1 aliphatic rings. The van der Waals surface area contributed by atoms with E-state index in [-0.39, 0.29) is 11.4 Å². The summed E-state index contributed by atoms with van der Waals surface area (Å²) >= 11 is 18.1. The summed E-state index contributed by atoms with van der Waals surface area (Å²) < 4.78 is 32.8. The third-order valence-corrected chi connectivity index (χ3v) is 8.13. The molecule has 0 radical (unpaired) electrons. The Labute approximate surface area is 206 Å². The Kier molecular flexibility index (Phi) is 7.11. The summed E-state index contributed by atoms with van der Waals surface area (Å²) in [5.74, 6) is 0.343. The third kappa shape index (κ3) is 5.10. The summed E-state index contributed by atoms with van der Waals surface area (Å²) in [5.41, 5.74) is 3.03. The van der Waals surface area contributed by atoms with Gasteiger partial charge in [0.05, 0.1) is 21.2 Å². The van der Waals surface area contributed by atoms with Gasteiger partial charge in [-0.25, -0.2) is 13.8 Å². The molecule has 33 heavy (non-hydrogen) atoms. The van der Waals surface area contributed by atoms with E-state index in [4.69, 9.17) is 39.2 Å². The second kappa shape index (κ2) is 9.87. The largest absolute Gasteiger partial charge is 0.455 e. The number of hydrogen-bond acceptors (Lipinski definition) is 5. The average Bonchev–Trinajstić information content (AvgIpc) is 3.46. The van der Waals surface area contributed by atoms with Crippen LogP contribution in [0.25, 0.3) is 11.3 Å². The number of amides is 1. The number of benzene rings is 2. The first kappa shape index (κ1) is 23.8. The smallest absolute Gasteiger partial charge is 0.258 e. The number of sulfonamides is 1. The lowest BCUT2D eigenvalue weighted by Gasteiger charge is -2.22. The minimum Gasteiger partial charge on any atom is -0.455 e. The van der Waals surface area contributed by atoms with Gasteiger partial charge in [0, 0.05) is 17.1 Å². The first-order valence-corrected chi connectivity index (χ1v) is 12.5. The van der Waals surface area contributed by atoms with Crippen LogP contribution >= 0.6 is 34.8 Å². The minimum atomic E-state index is -3.84. The van der Waals surface area contributed by atoms with Gasteiger partial charge in [-0.05, 0) is 61.4 Å². The van der Waals surface area contributed by atoms with Crippen molar-refractivity contribution in [3.63, 3.8) is 0 Å². The lowest BCUT2D eigenvalue weighted by Crippen LogP contribution is -2.44. The Morgan fingerprint density at radius 3 is 2.61 bits per heavy atom. The van der Waals surface area contributed by atoms with Crippen molar-refractivity contribution < 1.29 is 17.6 Å². The maximum absolute atomic E-state index is 13.0. The SMILES string of the molecule is O=C(N/N=C\c1ccc(-c2cccc(Cl)c2Cl)o1)[C@H]1CCCN1S(=O)(=O)c1ccc(Cl)cc1. The number of nitrogens with zero attached hydrogens (tertiary/aromatic N) is 2. The van der Waals surface area contributed by atoms with Crippen molar-refractivity contribution in [1.82, 2.24) is 9.73 Å². The van der Waals surface area contributed by atoms with Crippen LogP contribution in [0.4, 0.5) is 0 Å². The van der Waals surface area contributed by atoms with Gasteiger partial charge >= 0.3 is 0 Å². The monoisotopic (exact) mass is 525 g/mol. The second-order valence-electron chi connectivity index (χ2n) is 7.27. The van der Waals surface area contributed by atoms with Crippen LogP contribution in [0, 0.1) is 0 Å². The number of hydrazone groups is 1. The number of rotatable bonds is 6. The molecule has 0 unspecified atom stereocenters. The normalized spacial score (nSPS) is 17.0. The molecule has 0 aliphatic carbocycles. The standard InChI is InChI=1S/C22H18Cl3N3O4S/c23-14-6-9-16(10-7-14)33(30,31)28-12-2-5-19(28)22(29)27-26-13-15-8-11-20(32-15)17-3-1-4-18(24)21(17)25/h1,3-4,6-11,13,19H,2,5,12H2,(H,27,29)/b26-13-/t19-/m1/s1. The molecule has 11 heteroatoms. The molecule has 2 aromatic carbocycles. The molecule has 4 rings (SSSR count). The Morgan fingerprint density at radius 2 is 1.85 bits per heavy atom. The van der Waals surface area contributed by atoms with Crippen molar-refractivity contribution in [1.29, 1.82) is 0 Å². The first-order chi connectivity index (χ1) is 15.8. The zero-order chi connectivity index (χ0) is 23.6. The van der Waals surface area contributed by atoms with Crippen LogP contribution in [0.5, 0.6) is 0 Å². The van der Waals surface area contributed by atoms with Crippen molar-refractivity contribution in [3.05, 3.63) is 75.4 Å². The molecule has 1 fully saturated rings. The van der Waals surface area contributed by atoms with E-state index in [1.54, 1.807) is 30.3 Å². The topological polar surface area (TPSA) is 92.0 Å². The molecule has 1 N–H and O–H groups in total. The molecule has 1 aliphatic heterocycles. The number of carbonyl (C=O) groups excluding carboxylic acids is 1. The number of furan rings is 1. The number of nitrogens with one attached hydrogen (secondary N) is 1. The second-order valence-corrected chi connectivity index (χ2v) is 10.4. The molecule has 7 nitrogen and oxygen atoms in total. The molecule has 1 atom stereocenters. The molecule has 172 valence electrons. The predicted molar refractivity (Wildman–Crippen MR) is 128 cm³/mol. The van der Waals surface area contributed by atoms with Gasteiger partial charge in [-0.2, -0.15) is 9.41 Å². The Hall–Kier alpha value is -2.36. The lowest BCUT2D eigenvalue weighted by molar-refractivity contribution is -0.124. The Bertz CT molecular complexity index is 1310. The molecule has 3 aromatic rings. The van der Waals surface area contributed by atoms with E-state index >= 15 is 0 Å². The summed E-state index contributed by atoms with van der Waals surface area (Å²) in [5, 5.41) is 5.12. The molecule has 1 saturated heterocycles. The van der Waals surface area contributed by atoms with Crippen molar-refractivity contribution in [3.8, 4) is 11.3 Å². The highest BCUT2D eigenvalue weighted by atomic mass is 35.5. The fraction of sp³-hybridized carbons (Fsp3) is 0.182. The summed E-state index contributed by atoms with van der Waals surface area (Å²) in [4.78, 5) is 12.8. The molecule has 1 amide bonds. The number of carbonyl (C=O) groups is 1. The molecular formula is C22H18Cl3N3O4S. The first-order valence-electron chi connectivity index (χ1n) is 9.92. The van der Waals surface area contributed by atoms with E-state index in [1.165, 1.54) is 34.8 Å². The van der Waals surface area contributed by atoms with Crippen LogP contribution < -0.4 is 5.43 Å². The van der Waals surface area contributed by atoms with Gasteiger partial charge in [0.1, 0.15) is 17.6 Å². The van der Waals surface area contributed by atoms with Crippen molar-refractivity contribution >= 4 is 56.9 Å². The van der Waals surface area contributed by atoms with Crippen LogP contribution in [0.2, 0.25) is 15.1 Å². The third-order valence-electron chi connectivity index (χ3n) is 5.14. The van der Waals surface area contributed by atoms with Crippen LogP contribution in [0.3, 0.4) is 0 Å².